The summed E-state index contributed by atoms with van der Waals surface area (Å²) in [6, 6.07) is 6.48. The lowest BCUT2D eigenvalue weighted by Crippen LogP contribution is -2.42. The smallest absolute Gasteiger partial charge is 0.370 e. The molecule has 128 valence electrons. The van der Waals surface area contributed by atoms with Crippen molar-refractivity contribution in [3.63, 3.8) is 0 Å². The fourth-order valence-electron chi connectivity index (χ4n) is 2.67. The van der Waals surface area contributed by atoms with Crippen LogP contribution in [0.25, 0.3) is 0 Å². The Kier molecular flexibility index (Phi) is 4.31. The van der Waals surface area contributed by atoms with Crippen LogP contribution in [0.15, 0.2) is 36.5 Å². The molecule has 2 heterocycles. The molecule has 0 radical (unpaired) electrons. The van der Waals surface area contributed by atoms with Gasteiger partial charge in [-0.1, -0.05) is 12.1 Å². The second-order valence-electron chi connectivity index (χ2n) is 5.57. The molecule has 0 unspecified atom stereocenters. The Morgan fingerprint density at radius 2 is 1.96 bits per heavy atom. The van der Waals surface area contributed by atoms with Crippen molar-refractivity contribution < 1.29 is 22.7 Å². The number of morpholine rings is 1. The number of rotatable bonds is 2. The number of aromatic nitrogens is 2. The zero-order valence-electron chi connectivity index (χ0n) is 13.0. The first-order chi connectivity index (χ1) is 11.4. The molecule has 1 aromatic carbocycles. The quantitative estimate of drug-likeness (QED) is 0.845. The highest BCUT2D eigenvalue weighted by Crippen LogP contribution is 2.31. The molecule has 5 nitrogen and oxygen atoms in total. The molecule has 2 aromatic rings. The predicted octanol–water partition coefficient (Wildman–Crippen LogP) is 2.65. The molecule has 8 heteroatoms. The summed E-state index contributed by atoms with van der Waals surface area (Å²) in [7, 11) is 1.68. The molecular formula is C16H16F3N3O2. The lowest BCUT2D eigenvalue weighted by Gasteiger charge is -2.33. The summed E-state index contributed by atoms with van der Waals surface area (Å²) < 4.78 is 45.0. The van der Waals surface area contributed by atoms with Crippen LogP contribution in [0.3, 0.4) is 0 Å². The molecule has 1 aliphatic rings. The number of carbonyl (C=O) groups excluding carboxylic acids is 1. The molecule has 0 aliphatic carbocycles. The van der Waals surface area contributed by atoms with Crippen molar-refractivity contribution >= 4 is 5.91 Å². The van der Waals surface area contributed by atoms with Gasteiger partial charge in [-0.25, -0.2) is 0 Å². The first-order valence-electron chi connectivity index (χ1n) is 7.42. The van der Waals surface area contributed by atoms with Crippen LogP contribution >= 0.6 is 0 Å². The topological polar surface area (TPSA) is 47.4 Å². The monoisotopic (exact) mass is 339 g/mol. The van der Waals surface area contributed by atoms with E-state index in [0.717, 1.165) is 12.1 Å². The number of alkyl halides is 3. The molecular weight excluding hydrogens is 323 g/mol. The third kappa shape index (κ3) is 3.28. The van der Waals surface area contributed by atoms with Crippen LogP contribution in [0.1, 0.15) is 27.7 Å². The first kappa shape index (κ1) is 16.5. The van der Waals surface area contributed by atoms with E-state index in [0.29, 0.717) is 24.4 Å². The lowest BCUT2D eigenvalue weighted by molar-refractivity contribution is -0.137. The van der Waals surface area contributed by atoms with E-state index in [-0.39, 0.29) is 12.5 Å². The second-order valence-corrected chi connectivity index (χ2v) is 5.57. The Labute approximate surface area is 136 Å². The number of benzene rings is 1. The van der Waals surface area contributed by atoms with Gasteiger partial charge in [0, 0.05) is 19.8 Å². The first-order valence-corrected chi connectivity index (χ1v) is 7.42. The van der Waals surface area contributed by atoms with Gasteiger partial charge in [-0.05, 0) is 23.8 Å². The van der Waals surface area contributed by atoms with E-state index in [2.05, 4.69) is 5.10 Å². The van der Waals surface area contributed by atoms with E-state index in [1.165, 1.54) is 16.8 Å². The van der Waals surface area contributed by atoms with Gasteiger partial charge in [-0.15, -0.1) is 0 Å². The lowest BCUT2D eigenvalue weighted by atomic mass is 10.0. The molecule has 1 fully saturated rings. The minimum Gasteiger partial charge on any atom is -0.370 e. The molecule has 3 rings (SSSR count). The molecule has 0 N–H and O–H groups in total. The normalized spacial score (nSPS) is 18.7. The summed E-state index contributed by atoms with van der Waals surface area (Å²) in [6.45, 7) is 1.05. The van der Waals surface area contributed by atoms with Gasteiger partial charge in [-0.2, -0.15) is 18.3 Å². The highest BCUT2D eigenvalue weighted by atomic mass is 19.4. The van der Waals surface area contributed by atoms with Crippen molar-refractivity contribution in [2.45, 2.75) is 12.3 Å². The van der Waals surface area contributed by atoms with E-state index in [1.54, 1.807) is 24.2 Å². The number of carbonyl (C=O) groups is 1. The van der Waals surface area contributed by atoms with Crippen LogP contribution in [-0.4, -0.2) is 40.3 Å². The van der Waals surface area contributed by atoms with Gasteiger partial charge in [0.1, 0.15) is 11.8 Å². The molecule has 0 bridgehead atoms. The minimum absolute atomic E-state index is 0.171. The molecule has 24 heavy (non-hydrogen) atoms. The standard InChI is InChI=1S/C16H16F3N3O2/c1-21-13(6-7-20-21)15(23)22-8-9-24-14(10-22)11-2-4-12(5-3-11)16(17,18)19/h2-7,14H,8-10H2,1H3/t14-/m1/s1. The fraction of sp³-hybridized carbons (Fsp3) is 0.375. The average molecular weight is 339 g/mol. The summed E-state index contributed by atoms with van der Waals surface area (Å²) in [6.07, 6.45) is -3.27. The van der Waals surface area contributed by atoms with E-state index in [1.807, 2.05) is 0 Å². The van der Waals surface area contributed by atoms with E-state index < -0.39 is 17.8 Å². The van der Waals surface area contributed by atoms with Crippen molar-refractivity contribution in [2.24, 2.45) is 7.05 Å². The van der Waals surface area contributed by atoms with Crippen LogP contribution < -0.4 is 0 Å². The second kappa shape index (κ2) is 6.27. The summed E-state index contributed by atoms with van der Waals surface area (Å²) in [5.74, 6) is -0.171. The number of nitrogens with zero attached hydrogens (tertiary/aromatic N) is 3. The third-order valence-corrected chi connectivity index (χ3v) is 4.00. The Morgan fingerprint density at radius 3 is 2.54 bits per heavy atom. The maximum Gasteiger partial charge on any atom is 0.416 e. The van der Waals surface area contributed by atoms with Crippen LogP contribution in [0.5, 0.6) is 0 Å². The predicted molar refractivity (Wildman–Crippen MR) is 79.2 cm³/mol. The number of amides is 1. The SMILES string of the molecule is Cn1nccc1C(=O)N1CCO[C@@H](c2ccc(C(F)(F)F)cc2)C1. The molecule has 1 aliphatic heterocycles. The summed E-state index contributed by atoms with van der Waals surface area (Å²) >= 11 is 0. The maximum absolute atomic E-state index is 12.6. The maximum atomic E-state index is 12.6. The number of halogens is 3. The molecule has 1 amide bonds. The molecule has 1 aromatic heterocycles. The van der Waals surface area contributed by atoms with E-state index in [4.69, 9.17) is 4.74 Å². The number of aryl methyl sites for hydroxylation is 1. The minimum atomic E-state index is -4.37. The van der Waals surface area contributed by atoms with Gasteiger partial charge in [-0.3, -0.25) is 9.48 Å². The number of ether oxygens (including phenoxy) is 1. The largest absolute Gasteiger partial charge is 0.416 e. The Bertz CT molecular complexity index is 725. The van der Waals surface area contributed by atoms with Crippen LogP contribution in [0, 0.1) is 0 Å². The average Bonchev–Trinajstić information content (AvgIpc) is 3.00. The molecule has 1 atom stereocenters. The Morgan fingerprint density at radius 1 is 1.25 bits per heavy atom. The molecule has 0 saturated carbocycles. The highest BCUT2D eigenvalue weighted by molar-refractivity contribution is 5.92. The van der Waals surface area contributed by atoms with Crippen LogP contribution in [-0.2, 0) is 18.0 Å². The van der Waals surface area contributed by atoms with Gasteiger partial charge in [0.2, 0.25) is 0 Å². The van der Waals surface area contributed by atoms with Crippen molar-refractivity contribution in [3.05, 3.63) is 53.3 Å². The Balaban J connectivity index is 1.74. The van der Waals surface area contributed by atoms with Crippen LogP contribution in [0.2, 0.25) is 0 Å². The number of hydrogen-bond acceptors (Lipinski definition) is 3. The van der Waals surface area contributed by atoms with E-state index >= 15 is 0 Å². The van der Waals surface area contributed by atoms with Crippen molar-refractivity contribution in [2.75, 3.05) is 19.7 Å². The summed E-state index contributed by atoms with van der Waals surface area (Å²) in [5, 5.41) is 3.97. The van der Waals surface area contributed by atoms with Gasteiger partial charge >= 0.3 is 6.18 Å². The highest BCUT2D eigenvalue weighted by Gasteiger charge is 2.31. The fourth-order valence-corrected chi connectivity index (χ4v) is 2.67. The third-order valence-electron chi connectivity index (χ3n) is 4.00. The summed E-state index contributed by atoms with van der Waals surface area (Å²) in [5.41, 5.74) is 0.374. The van der Waals surface area contributed by atoms with Gasteiger partial charge in [0.15, 0.2) is 0 Å². The Hall–Kier alpha value is -2.35. The van der Waals surface area contributed by atoms with Gasteiger partial charge in [0.25, 0.3) is 5.91 Å². The van der Waals surface area contributed by atoms with Crippen molar-refractivity contribution in [1.82, 2.24) is 14.7 Å². The summed E-state index contributed by atoms with van der Waals surface area (Å²) in [4.78, 5) is 14.1. The molecule has 1 saturated heterocycles. The van der Waals surface area contributed by atoms with Crippen molar-refractivity contribution in [3.8, 4) is 0 Å². The zero-order chi connectivity index (χ0) is 17.3. The molecule has 0 spiro atoms. The van der Waals surface area contributed by atoms with Gasteiger partial charge < -0.3 is 9.64 Å². The van der Waals surface area contributed by atoms with Crippen LogP contribution in [0.4, 0.5) is 13.2 Å². The number of hydrogen-bond donors (Lipinski definition) is 0. The van der Waals surface area contributed by atoms with E-state index in [9.17, 15) is 18.0 Å². The van der Waals surface area contributed by atoms with Gasteiger partial charge in [0.05, 0.1) is 18.7 Å². The van der Waals surface area contributed by atoms with Crippen molar-refractivity contribution in [1.29, 1.82) is 0 Å². The zero-order valence-corrected chi connectivity index (χ0v) is 13.0.